The third-order valence-corrected chi connectivity index (χ3v) is 1.12. The first-order valence-corrected chi connectivity index (χ1v) is 4.25. The third-order valence-electron chi connectivity index (χ3n) is 1.12. The molecule has 0 spiro atoms. The van der Waals surface area contributed by atoms with Crippen LogP contribution in [0.1, 0.15) is 32.6 Å². The fraction of sp³-hybridized carbons (Fsp3) is 1.00. The van der Waals surface area contributed by atoms with Crippen molar-refractivity contribution in [1.82, 2.24) is 0 Å². The molecular weight excluding hydrogens is 142 g/mol. The molecule has 0 heterocycles. The van der Waals surface area contributed by atoms with Gasteiger partial charge in [-0.25, -0.2) is 0 Å². The molecule has 0 aromatic carbocycles. The lowest BCUT2D eigenvalue weighted by atomic mass is 10.3. The molecule has 0 radical (unpaired) electrons. The molecule has 0 aliphatic carbocycles. The zero-order valence-corrected chi connectivity index (χ0v) is 7.42. The Hall–Kier alpha value is -0.120. The Bertz CT molecular complexity index is 45.4. The van der Waals surface area contributed by atoms with Crippen LogP contribution in [0, 0.1) is 0 Å². The lowest BCUT2D eigenvalue weighted by Gasteiger charge is -1.85. The van der Waals surface area contributed by atoms with E-state index in [1.165, 1.54) is 12.8 Å². The summed E-state index contributed by atoms with van der Waals surface area (Å²) in [7, 11) is 0. The molecule has 3 heteroatoms. The van der Waals surface area contributed by atoms with Gasteiger partial charge in [0.05, 0.1) is 0 Å². The minimum absolute atomic E-state index is 0.195. The Morgan fingerprint density at radius 3 is 1.55 bits per heavy atom. The zero-order valence-electron chi connectivity index (χ0n) is 7.42. The van der Waals surface area contributed by atoms with E-state index in [1.54, 1.807) is 0 Å². The number of aliphatic hydroxyl groups excluding tert-OH is 2. The number of nitrogens with two attached hydrogens (primary N) is 1. The second kappa shape index (κ2) is 16.5. The topological polar surface area (TPSA) is 66.5 Å². The van der Waals surface area contributed by atoms with Crippen molar-refractivity contribution in [3.05, 3.63) is 0 Å². The van der Waals surface area contributed by atoms with Crippen LogP contribution in [0.2, 0.25) is 0 Å². The molecule has 0 aliphatic heterocycles. The van der Waals surface area contributed by atoms with Gasteiger partial charge >= 0.3 is 0 Å². The lowest BCUT2D eigenvalue weighted by molar-refractivity contribution is 0.242. The molecule has 0 aromatic rings. The molecule has 0 amide bonds. The molecule has 0 unspecified atom stereocenters. The molecule has 0 bridgehead atoms. The van der Waals surface area contributed by atoms with Gasteiger partial charge in [0.2, 0.25) is 0 Å². The number of hydrogen-bond donors (Lipinski definition) is 3. The molecule has 0 aromatic heterocycles. The van der Waals surface area contributed by atoms with Crippen molar-refractivity contribution in [3.8, 4) is 0 Å². The minimum Gasteiger partial charge on any atom is -0.396 e. The molecular formula is C8H21NO2. The summed E-state index contributed by atoms with van der Waals surface area (Å²) in [6.45, 7) is 3.37. The molecule has 70 valence electrons. The van der Waals surface area contributed by atoms with E-state index in [9.17, 15) is 0 Å². The third kappa shape index (κ3) is 25.8. The van der Waals surface area contributed by atoms with Crippen molar-refractivity contribution in [1.29, 1.82) is 0 Å². The second-order valence-corrected chi connectivity index (χ2v) is 2.30. The normalized spacial score (nSPS) is 8.73. The highest BCUT2D eigenvalue weighted by Gasteiger charge is 1.77. The summed E-state index contributed by atoms with van der Waals surface area (Å²) < 4.78 is 0. The van der Waals surface area contributed by atoms with Crippen LogP contribution in [-0.2, 0) is 0 Å². The number of unbranched alkanes of at least 4 members (excludes halogenated alkanes) is 2. The SMILES string of the molecule is CCCCN.OCCCCO. The number of hydrogen-bond acceptors (Lipinski definition) is 3. The van der Waals surface area contributed by atoms with E-state index in [4.69, 9.17) is 15.9 Å². The summed E-state index contributed by atoms with van der Waals surface area (Å²) in [6, 6.07) is 0. The Morgan fingerprint density at radius 2 is 1.45 bits per heavy atom. The van der Waals surface area contributed by atoms with Crippen molar-refractivity contribution in [3.63, 3.8) is 0 Å². The first-order chi connectivity index (χ1) is 5.33. The Balaban J connectivity index is 0. The van der Waals surface area contributed by atoms with E-state index in [1.807, 2.05) is 0 Å². The number of aliphatic hydroxyl groups is 2. The van der Waals surface area contributed by atoms with Gasteiger partial charge in [-0.2, -0.15) is 0 Å². The van der Waals surface area contributed by atoms with Gasteiger partial charge in [0, 0.05) is 13.2 Å². The molecule has 0 fully saturated rings. The molecule has 0 aliphatic rings. The Labute approximate surface area is 69.2 Å². The average molecular weight is 163 g/mol. The molecule has 11 heavy (non-hydrogen) atoms. The second-order valence-electron chi connectivity index (χ2n) is 2.30. The van der Waals surface area contributed by atoms with Gasteiger partial charge in [0.15, 0.2) is 0 Å². The van der Waals surface area contributed by atoms with Crippen LogP contribution in [0.3, 0.4) is 0 Å². The largest absolute Gasteiger partial charge is 0.396 e. The first kappa shape index (κ1) is 13.5. The van der Waals surface area contributed by atoms with E-state index < -0.39 is 0 Å². The van der Waals surface area contributed by atoms with Gasteiger partial charge in [-0.05, 0) is 25.8 Å². The summed E-state index contributed by atoms with van der Waals surface area (Å²) in [6.07, 6.45) is 3.82. The maximum Gasteiger partial charge on any atom is 0.0431 e. The first-order valence-electron chi connectivity index (χ1n) is 4.25. The van der Waals surface area contributed by atoms with E-state index in [2.05, 4.69) is 6.92 Å². The van der Waals surface area contributed by atoms with Gasteiger partial charge in [0.1, 0.15) is 0 Å². The van der Waals surface area contributed by atoms with E-state index in [0.717, 1.165) is 19.4 Å². The van der Waals surface area contributed by atoms with Crippen LogP contribution in [-0.4, -0.2) is 30.0 Å². The Morgan fingerprint density at radius 1 is 1.00 bits per heavy atom. The summed E-state index contributed by atoms with van der Waals surface area (Å²) in [5, 5.41) is 16.2. The average Bonchev–Trinajstić information content (AvgIpc) is 2.04. The maximum absolute atomic E-state index is 8.09. The minimum atomic E-state index is 0.195. The molecule has 0 saturated heterocycles. The monoisotopic (exact) mass is 163 g/mol. The van der Waals surface area contributed by atoms with Gasteiger partial charge < -0.3 is 15.9 Å². The highest BCUT2D eigenvalue weighted by Crippen LogP contribution is 1.80. The van der Waals surface area contributed by atoms with Gasteiger partial charge in [-0.3, -0.25) is 0 Å². The molecule has 0 atom stereocenters. The van der Waals surface area contributed by atoms with Crippen molar-refractivity contribution in [2.75, 3.05) is 19.8 Å². The highest BCUT2D eigenvalue weighted by atomic mass is 16.3. The van der Waals surface area contributed by atoms with Crippen LogP contribution in [0.25, 0.3) is 0 Å². The quantitative estimate of drug-likeness (QED) is 0.517. The summed E-state index contributed by atoms with van der Waals surface area (Å²) in [4.78, 5) is 0. The van der Waals surface area contributed by atoms with Crippen molar-refractivity contribution in [2.45, 2.75) is 32.6 Å². The molecule has 4 N–H and O–H groups in total. The van der Waals surface area contributed by atoms with Crippen molar-refractivity contribution in [2.24, 2.45) is 5.73 Å². The van der Waals surface area contributed by atoms with Crippen molar-refractivity contribution < 1.29 is 10.2 Å². The predicted octanol–water partition coefficient (Wildman–Crippen LogP) is 0.496. The van der Waals surface area contributed by atoms with Crippen LogP contribution in [0.15, 0.2) is 0 Å². The fourth-order valence-corrected chi connectivity index (χ4v) is 0.428. The summed E-state index contributed by atoms with van der Waals surface area (Å²) in [5.74, 6) is 0. The predicted molar refractivity (Wildman–Crippen MR) is 47.4 cm³/mol. The van der Waals surface area contributed by atoms with Gasteiger partial charge in [-0.15, -0.1) is 0 Å². The Kier molecular flexibility index (Phi) is 20.2. The standard InChI is InChI=1S/C4H11N.C4H10O2/c1-2-3-4-5;5-3-1-2-4-6/h2-5H2,1H3;5-6H,1-4H2. The van der Waals surface area contributed by atoms with E-state index in [0.29, 0.717) is 0 Å². The molecule has 0 saturated carbocycles. The zero-order chi connectivity index (χ0) is 8.95. The fourth-order valence-electron chi connectivity index (χ4n) is 0.428. The number of rotatable bonds is 5. The summed E-state index contributed by atoms with van der Waals surface area (Å²) in [5.41, 5.74) is 5.14. The van der Waals surface area contributed by atoms with Gasteiger partial charge in [0.25, 0.3) is 0 Å². The lowest BCUT2D eigenvalue weighted by Crippen LogP contribution is -1.95. The van der Waals surface area contributed by atoms with Crippen LogP contribution in [0.5, 0.6) is 0 Å². The van der Waals surface area contributed by atoms with E-state index >= 15 is 0 Å². The van der Waals surface area contributed by atoms with Crippen LogP contribution in [0.4, 0.5) is 0 Å². The summed E-state index contributed by atoms with van der Waals surface area (Å²) >= 11 is 0. The van der Waals surface area contributed by atoms with Gasteiger partial charge in [-0.1, -0.05) is 13.3 Å². The maximum atomic E-state index is 8.09. The van der Waals surface area contributed by atoms with Crippen LogP contribution < -0.4 is 5.73 Å². The molecule has 0 rings (SSSR count). The smallest absolute Gasteiger partial charge is 0.0431 e. The molecule has 3 nitrogen and oxygen atoms in total. The highest BCUT2D eigenvalue weighted by molar-refractivity contribution is 4.30. The van der Waals surface area contributed by atoms with Crippen molar-refractivity contribution >= 4 is 0 Å². The van der Waals surface area contributed by atoms with Crippen LogP contribution >= 0.6 is 0 Å². The van der Waals surface area contributed by atoms with E-state index in [-0.39, 0.29) is 13.2 Å².